The summed E-state index contributed by atoms with van der Waals surface area (Å²) in [6, 6.07) is 17.7. The Balaban J connectivity index is 2.02. The summed E-state index contributed by atoms with van der Waals surface area (Å²) in [5, 5.41) is 18.3. The highest BCUT2D eigenvalue weighted by molar-refractivity contribution is 7.98. The van der Waals surface area contributed by atoms with Crippen LogP contribution in [0.15, 0.2) is 53.4 Å². The second-order valence-corrected chi connectivity index (χ2v) is 5.39. The number of aliphatic hydroxyl groups is 1. The molecule has 0 heterocycles. The van der Waals surface area contributed by atoms with Crippen LogP contribution in [0.2, 0.25) is 0 Å². The predicted molar refractivity (Wildman–Crippen MR) is 77.8 cm³/mol. The van der Waals surface area contributed by atoms with Crippen LogP contribution in [0, 0.1) is 11.3 Å². The van der Waals surface area contributed by atoms with Gasteiger partial charge in [0.2, 0.25) is 0 Å². The van der Waals surface area contributed by atoms with Crippen molar-refractivity contribution in [2.75, 3.05) is 0 Å². The lowest BCUT2D eigenvalue weighted by Gasteiger charge is -2.07. The molecule has 1 N–H and O–H groups in total. The summed E-state index contributed by atoms with van der Waals surface area (Å²) < 4.78 is 0. The van der Waals surface area contributed by atoms with Gasteiger partial charge in [-0.05, 0) is 42.3 Å². The fourth-order valence-corrected chi connectivity index (χ4v) is 2.63. The van der Waals surface area contributed by atoms with E-state index in [1.54, 1.807) is 18.7 Å². The lowest BCUT2D eigenvalue weighted by Crippen LogP contribution is -1.90. The van der Waals surface area contributed by atoms with Crippen molar-refractivity contribution in [2.24, 2.45) is 0 Å². The summed E-state index contributed by atoms with van der Waals surface area (Å²) in [6.07, 6.45) is -0.435. The summed E-state index contributed by atoms with van der Waals surface area (Å²) in [4.78, 5) is 1.14. The van der Waals surface area contributed by atoms with Crippen molar-refractivity contribution >= 4 is 11.8 Å². The minimum atomic E-state index is -0.435. The van der Waals surface area contributed by atoms with Crippen molar-refractivity contribution in [1.29, 1.82) is 5.26 Å². The van der Waals surface area contributed by atoms with Crippen molar-refractivity contribution in [3.8, 4) is 6.07 Å². The molecule has 0 saturated carbocycles. The summed E-state index contributed by atoms with van der Waals surface area (Å²) >= 11 is 1.72. The molecule has 2 aromatic rings. The van der Waals surface area contributed by atoms with E-state index in [1.807, 2.05) is 48.5 Å². The molecule has 0 aliphatic carbocycles. The van der Waals surface area contributed by atoms with Gasteiger partial charge in [0.15, 0.2) is 0 Å². The standard InChI is InChI=1S/C16H15NOS/c1-12(18)15-3-2-4-16(9-15)19-11-14-7-5-13(10-17)6-8-14/h2-9,12,18H,11H2,1H3. The van der Waals surface area contributed by atoms with E-state index in [4.69, 9.17) is 5.26 Å². The summed E-state index contributed by atoms with van der Waals surface area (Å²) in [5.41, 5.74) is 2.81. The van der Waals surface area contributed by atoms with Crippen LogP contribution in [0.5, 0.6) is 0 Å². The Morgan fingerprint density at radius 1 is 1.21 bits per heavy atom. The second-order valence-electron chi connectivity index (χ2n) is 4.35. The largest absolute Gasteiger partial charge is 0.389 e. The third-order valence-electron chi connectivity index (χ3n) is 2.83. The first-order valence-electron chi connectivity index (χ1n) is 6.09. The minimum absolute atomic E-state index is 0.435. The van der Waals surface area contributed by atoms with Crippen molar-refractivity contribution in [2.45, 2.75) is 23.7 Å². The smallest absolute Gasteiger partial charge is 0.0991 e. The monoisotopic (exact) mass is 269 g/mol. The van der Waals surface area contributed by atoms with Gasteiger partial charge in [-0.3, -0.25) is 0 Å². The van der Waals surface area contributed by atoms with Crippen LogP contribution in [-0.2, 0) is 5.75 Å². The van der Waals surface area contributed by atoms with E-state index in [1.165, 1.54) is 5.56 Å². The Labute approximate surface area is 117 Å². The minimum Gasteiger partial charge on any atom is -0.389 e. The van der Waals surface area contributed by atoms with E-state index in [2.05, 4.69) is 6.07 Å². The van der Waals surface area contributed by atoms with Crippen LogP contribution in [-0.4, -0.2) is 5.11 Å². The van der Waals surface area contributed by atoms with Gasteiger partial charge in [0.05, 0.1) is 17.7 Å². The van der Waals surface area contributed by atoms with Gasteiger partial charge in [0, 0.05) is 10.6 Å². The zero-order valence-electron chi connectivity index (χ0n) is 10.7. The van der Waals surface area contributed by atoms with Crippen LogP contribution in [0.3, 0.4) is 0 Å². The second kappa shape index (κ2) is 6.42. The third kappa shape index (κ3) is 3.85. The molecule has 0 radical (unpaired) electrons. The molecule has 0 fully saturated rings. The van der Waals surface area contributed by atoms with Gasteiger partial charge < -0.3 is 5.11 Å². The van der Waals surface area contributed by atoms with Gasteiger partial charge in [-0.1, -0.05) is 24.3 Å². The molecule has 0 aliphatic rings. The maximum Gasteiger partial charge on any atom is 0.0991 e. The van der Waals surface area contributed by atoms with Crippen molar-refractivity contribution < 1.29 is 5.11 Å². The fourth-order valence-electron chi connectivity index (χ4n) is 1.71. The molecular formula is C16H15NOS. The molecule has 19 heavy (non-hydrogen) atoms. The van der Waals surface area contributed by atoms with Gasteiger partial charge in [-0.15, -0.1) is 11.8 Å². The van der Waals surface area contributed by atoms with Gasteiger partial charge in [-0.25, -0.2) is 0 Å². The highest BCUT2D eigenvalue weighted by Gasteiger charge is 2.02. The van der Waals surface area contributed by atoms with Gasteiger partial charge in [0.1, 0.15) is 0 Å². The van der Waals surface area contributed by atoms with E-state index in [0.717, 1.165) is 16.2 Å². The van der Waals surface area contributed by atoms with Crippen LogP contribution >= 0.6 is 11.8 Å². The average molecular weight is 269 g/mol. The Kier molecular flexibility index (Phi) is 4.62. The van der Waals surface area contributed by atoms with Crippen LogP contribution in [0.1, 0.15) is 29.7 Å². The van der Waals surface area contributed by atoms with E-state index in [-0.39, 0.29) is 0 Å². The number of aliphatic hydroxyl groups excluding tert-OH is 1. The van der Waals surface area contributed by atoms with Crippen LogP contribution < -0.4 is 0 Å². The van der Waals surface area contributed by atoms with Crippen molar-refractivity contribution in [3.05, 3.63) is 65.2 Å². The number of benzene rings is 2. The third-order valence-corrected chi connectivity index (χ3v) is 3.89. The molecule has 0 aliphatic heterocycles. The van der Waals surface area contributed by atoms with Crippen molar-refractivity contribution in [1.82, 2.24) is 0 Å². The Hall–Kier alpha value is -1.76. The Morgan fingerprint density at radius 3 is 2.58 bits per heavy atom. The van der Waals surface area contributed by atoms with Gasteiger partial charge >= 0.3 is 0 Å². The molecule has 2 nitrogen and oxygen atoms in total. The fraction of sp³-hybridized carbons (Fsp3) is 0.188. The Bertz CT molecular complexity index is 584. The van der Waals surface area contributed by atoms with Crippen molar-refractivity contribution in [3.63, 3.8) is 0 Å². The SMILES string of the molecule is CC(O)c1cccc(SCc2ccc(C#N)cc2)c1. The van der Waals surface area contributed by atoms with E-state index in [0.29, 0.717) is 5.56 Å². The molecule has 0 saturated heterocycles. The molecule has 3 heteroatoms. The van der Waals surface area contributed by atoms with E-state index in [9.17, 15) is 5.11 Å². The first-order chi connectivity index (χ1) is 9.19. The van der Waals surface area contributed by atoms with E-state index >= 15 is 0 Å². The highest BCUT2D eigenvalue weighted by Crippen LogP contribution is 2.25. The maximum absolute atomic E-state index is 9.55. The van der Waals surface area contributed by atoms with E-state index < -0.39 is 6.10 Å². The number of nitriles is 1. The lowest BCUT2D eigenvalue weighted by atomic mass is 10.1. The molecule has 0 bridgehead atoms. The molecule has 1 atom stereocenters. The molecule has 2 aromatic carbocycles. The maximum atomic E-state index is 9.55. The quantitative estimate of drug-likeness (QED) is 0.856. The summed E-state index contributed by atoms with van der Waals surface area (Å²) in [6.45, 7) is 1.77. The molecule has 0 spiro atoms. The number of hydrogen-bond donors (Lipinski definition) is 1. The summed E-state index contributed by atoms with van der Waals surface area (Å²) in [7, 11) is 0. The molecule has 2 rings (SSSR count). The molecule has 0 amide bonds. The number of nitrogens with zero attached hydrogens (tertiary/aromatic N) is 1. The first kappa shape index (κ1) is 13.7. The predicted octanol–water partition coefficient (Wildman–Crippen LogP) is 3.90. The van der Waals surface area contributed by atoms with Crippen LogP contribution in [0.4, 0.5) is 0 Å². The Morgan fingerprint density at radius 2 is 1.95 bits per heavy atom. The normalized spacial score (nSPS) is 11.8. The zero-order chi connectivity index (χ0) is 13.7. The molecule has 1 unspecified atom stereocenters. The van der Waals surface area contributed by atoms with Gasteiger partial charge in [0.25, 0.3) is 0 Å². The topological polar surface area (TPSA) is 44.0 Å². The first-order valence-corrected chi connectivity index (χ1v) is 7.07. The molecular weight excluding hydrogens is 254 g/mol. The number of rotatable bonds is 4. The number of thioether (sulfide) groups is 1. The summed E-state index contributed by atoms with van der Waals surface area (Å²) in [5.74, 6) is 0.856. The van der Waals surface area contributed by atoms with Gasteiger partial charge in [-0.2, -0.15) is 5.26 Å². The zero-order valence-corrected chi connectivity index (χ0v) is 11.5. The molecule has 96 valence electrons. The van der Waals surface area contributed by atoms with Crippen LogP contribution in [0.25, 0.3) is 0 Å². The lowest BCUT2D eigenvalue weighted by molar-refractivity contribution is 0.199. The average Bonchev–Trinajstić information content (AvgIpc) is 2.46. The number of hydrogen-bond acceptors (Lipinski definition) is 3. The highest BCUT2D eigenvalue weighted by atomic mass is 32.2. The molecule has 0 aromatic heterocycles.